The lowest BCUT2D eigenvalue weighted by atomic mass is 10.4. The van der Waals surface area contributed by atoms with Crippen LogP contribution in [0, 0.1) is 6.92 Å². The molecule has 0 aliphatic heterocycles. The molecule has 1 aromatic heterocycles. The van der Waals surface area contributed by atoms with Crippen LogP contribution in [0.3, 0.4) is 0 Å². The molecule has 5 heteroatoms. The summed E-state index contributed by atoms with van der Waals surface area (Å²) in [6.45, 7) is 2.43. The van der Waals surface area contributed by atoms with E-state index in [0.29, 0.717) is 17.2 Å². The topological polar surface area (TPSA) is 46.5 Å². The first-order valence-electron chi connectivity index (χ1n) is 4.10. The number of ether oxygens (including phenoxy) is 1. The first-order chi connectivity index (χ1) is 6.65. The fourth-order valence-corrected chi connectivity index (χ4v) is 2.03. The third-order valence-electron chi connectivity index (χ3n) is 1.56. The highest BCUT2D eigenvalue weighted by atomic mass is 32.2. The van der Waals surface area contributed by atoms with Crippen LogP contribution in [0.5, 0.6) is 5.75 Å². The van der Waals surface area contributed by atoms with Gasteiger partial charge in [-0.15, -0.1) is 11.3 Å². The number of carbonyl (C=O) groups is 1. The molecule has 0 amide bonds. The van der Waals surface area contributed by atoms with Gasteiger partial charge in [-0.05, 0) is 19.2 Å². The van der Waals surface area contributed by atoms with Crippen molar-refractivity contribution in [3.63, 3.8) is 0 Å². The molecule has 0 atom stereocenters. The predicted molar refractivity (Wildman–Crippen MR) is 59.9 cm³/mol. The van der Waals surface area contributed by atoms with Gasteiger partial charge in [0.15, 0.2) is 4.88 Å². The van der Waals surface area contributed by atoms with Crippen LogP contribution < -0.4 is 4.74 Å². The van der Waals surface area contributed by atoms with Crippen molar-refractivity contribution in [1.29, 1.82) is 0 Å². The quantitative estimate of drug-likeness (QED) is 0.792. The van der Waals surface area contributed by atoms with E-state index >= 15 is 0 Å². The first-order valence-corrected chi connectivity index (χ1v) is 6.31. The van der Waals surface area contributed by atoms with E-state index in [1.165, 1.54) is 11.3 Å². The van der Waals surface area contributed by atoms with E-state index in [-0.39, 0.29) is 0 Å². The molecule has 0 unspecified atom stereocenters. The summed E-state index contributed by atoms with van der Waals surface area (Å²) in [6.07, 6.45) is 1.99. The van der Waals surface area contributed by atoms with Gasteiger partial charge >= 0.3 is 5.97 Å². The normalized spacial score (nSPS) is 10.1. The number of thiophene rings is 1. The second-order valence-corrected chi connectivity index (χ2v) is 4.94. The van der Waals surface area contributed by atoms with Crippen molar-refractivity contribution in [3.8, 4) is 5.75 Å². The minimum Gasteiger partial charge on any atom is -0.491 e. The van der Waals surface area contributed by atoms with Gasteiger partial charge < -0.3 is 9.84 Å². The van der Waals surface area contributed by atoms with Gasteiger partial charge in [-0.2, -0.15) is 11.8 Å². The van der Waals surface area contributed by atoms with Crippen molar-refractivity contribution in [1.82, 2.24) is 0 Å². The van der Waals surface area contributed by atoms with Crippen molar-refractivity contribution >= 4 is 29.1 Å². The Kier molecular flexibility index (Phi) is 4.28. The highest BCUT2D eigenvalue weighted by Crippen LogP contribution is 2.28. The molecule has 1 aromatic rings. The Balaban J connectivity index is 2.69. The monoisotopic (exact) mass is 232 g/mol. The second-order valence-electron chi connectivity index (χ2n) is 2.70. The molecule has 0 bridgehead atoms. The number of hydrogen-bond acceptors (Lipinski definition) is 4. The standard InChI is InChI=1S/C9H12O3S2/c1-6-5-7(12-3-4-13-2)8(14-6)9(10)11/h5H,3-4H2,1-2H3,(H,10,11). The number of aromatic carboxylic acids is 1. The van der Waals surface area contributed by atoms with Gasteiger partial charge in [0.05, 0.1) is 6.61 Å². The molecule has 0 fully saturated rings. The zero-order valence-electron chi connectivity index (χ0n) is 8.07. The average Bonchev–Trinajstić information content (AvgIpc) is 2.47. The molecule has 0 radical (unpaired) electrons. The molecule has 14 heavy (non-hydrogen) atoms. The summed E-state index contributed by atoms with van der Waals surface area (Å²) in [7, 11) is 0. The Labute approximate surface area is 91.1 Å². The lowest BCUT2D eigenvalue weighted by molar-refractivity contribution is 0.0698. The van der Waals surface area contributed by atoms with Crippen LogP contribution in [0.15, 0.2) is 6.07 Å². The SMILES string of the molecule is CSCCOc1cc(C)sc1C(=O)O. The molecule has 1 N–H and O–H groups in total. The highest BCUT2D eigenvalue weighted by Gasteiger charge is 2.14. The van der Waals surface area contributed by atoms with Gasteiger partial charge in [0.2, 0.25) is 0 Å². The van der Waals surface area contributed by atoms with E-state index < -0.39 is 5.97 Å². The van der Waals surface area contributed by atoms with Gasteiger partial charge in [-0.25, -0.2) is 4.79 Å². The maximum absolute atomic E-state index is 10.8. The number of rotatable bonds is 5. The van der Waals surface area contributed by atoms with Gasteiger partial charge in [0.1, 0.15) is 5.75 Å². The van der Waals surface area contributed by atoms with Gasteiger partial charge in [-0.3, -0.25) is 0 Å². The molecule has 78 valence electrons. The molecule has 0 aliphatic rings. The Morgan fingerprint density at radius 3 is 3.00 bits per heavy atom. The summed E-state index contributed by atoms with van der Waals surface area (Å²) in [5.41, 5.74) is 0. The lowest BCUT2D eigenvalue weighted by Crippen LogP contribution is -2.02. The Morgan fingerprint density at radius 2 is 2.43 bits per heavy atom. The predicted octanol–water partition coefficient (Wildman–Crippen LogP) is 2.50. The summed E-state index contributed by atoms with van der Waals surface area (Å²) in [4.78, 5) is 12.0. The summed E-state index contributed by atoms with van der Waals surface area (Å²) in [6, 6.07) is 1.77. The number of thioether (sulfide) groups is 1. The summed E-state index contributed by atoms with van der Waals surface area (Å²) in [5, 5.41) is 8.86. The largest absolute Gasteiger partial charge is 0.491 e. The third kappa shape index (κ3) is 2.92. The third-order valence-corrected chi connectivity index (χ3v) is 3.16. The fraction of sp³-hybridized carbons (Fsp3) is 0.444. The van der Waals surface area contributed by atoms with Crippen molar-refractivity contribution in [2.45, 2.75) is 6.92 Å². The van der Waals surface area contributed by atoms with E-state index in [0.717, 1.165) is 10.6 Å². The van der Waals surface area contributed by atoms with Crippen molar-refractivity contribution in [2.75, 3.05) is 18.6 Å². The van der Waals surface area contributed by atoms with Gasteiger partial charge in [0, 0.05) is 10.6 Å². The summed E-state index contributed by atoms with van der Waals surface area (Å²) >= 11 is 2.92. The molecule has 0 aromatic carbocycles. The minimum absolute atomic E-state index is 0.295. The maximum Gasteiger partial charge on any atom is 0.349 e. The van der Waals surface area contributed by atoms with Crippen molar-refractivity contribution < 1.29 is 14.6 Å². The number of carboxylic acid groups (broad SMARTS) is 1. The molecular weight excluding hydrogens is 220 g/mol. The second kappa shape index (κ2) is 5.26. The Morgan fingerprint density at radius 1 is 1.71 bits per heavy atom. The Bertz CT molecular complexity index is 320. The van der Waals surface area contributed by atoms with Crippen LogP contribution in [0.4, 0.5) is 0 Å². The van der Waals surface area contributed by atoms with E-state index in [1.54, 1.807) is 17.8 Å². The van der Waals surface area contributed by atoms with Crippen LogP contribution in [0.25, 0.3) is 0 Å². The van der Waals surface area contributed by atoms with E-state index in [2.05, 4.69) is 0 Å². The maximum atomic E-state index is 10.8. The van der Waals surface area contributed by atoms with Crippen molar-refractivity contribution in [3.05, 3.63) is 15.8 Å². The van der Waals surface area contributed by atoms with Crippen molar-refractivity contribution in [2.24, 2.45) is 0 Å². The lowest BCUT2D eigenvalue weighted by Gasteiger charge is -2.02. The fourth-order valence-electron chi connectivity index (χ4n) is 0.982. The first kappa shape index (κ1) is 11.4. The van der Waals surface area contributed by atoms with Crippen LogP contribution in [-0.4, -0.2) is 29.7 Å². The molecule has 1 heterocycles. The zero-order valence-corrected chi connectivity index (χ0v) is 9.70. The molecule has 0 spiro atoms. The number of hydrogen-bond donors (Lipinski definition) is 1. The van der Waals surface area contributed by atoms with E-state index in [1.807, 2.05) is 13.2 Å². The van der Waals surface area contributed by atoms with Crippen LogP contribution >= 0.6 is 23.1 Å². The summed E-state index contributed by atoms with van der Waals surface area (Å²) in [5.74, 6) is 0.449. The molecular formula is C9H12O3S2. The van der Waals surface area contributed by atoms with E-state index in [9.17, 15) is 4.79 Å². The minimum atomic E-state index is -0.915. The number of aryl methyl sites for hydroxylation is 1. The molecule has 0 saturated carbocycles. The summed E-state index contributed by atoms with van der Waals surface area (Å²) < 4.78 is 5.37. The smallest absolute Gasteiger partial charge is 0.349 e. The van der Waals surface area contributed by atoms with Crippen LogP contribution in [-0.2, 0) is 0 Å². The molecule has 3 nitrogen and oxygen atoms in total. The van der Waals surface area contributed by atoms with Gasteiger partial charge in [-0.1, -0.05) is 0 Å². The molecule has 1 rings (SSSR count). The number of carboxylic acids is 1. The zero-order chi connectivity index (χ0) is 10.6. The molecule has 0 saturated heterocycles. The Hall–Kier alpha value is -0.680. The highest BCUT2D eigenvalue weighted by molar-refractivity contribution is 7.98. The van der Waals surface area contributed by atoms with Gasteiger partial charge in [0.25, 0.3) is 0 Å². The van der Waals surface area contributed by atoms with E-state index in [4.69, 9.17) is 9.84 Å². The molecule has 0 aliphatic carbocycles. The average molecular weight is 232 g/mol. The van der Waals surface area contributed by atoms with Crippen LogP contribution in [0.2, 0.25) is 0 Å². The van der Waals surface area contributed by atoms with Crippen LogP contribution in [0.1, 0.15) is 14.5 Å².